The van der Waals surface area contributed by atoms with Crippen molar-refractivity contribution in [2.45, 2.75) is 39.2 Å². The van der Waals surface area contributed by atoms with Crippen molar-refractivity contribution >= 4 is 11.8 Å². The number of halogens is 2. The minimum Gasteiger partial charge on any atom is -0.478 e. The minimum absolute atomic E-state index is 0.112. The van der Waals surface area contributed by atoms with Crippen LogP contribution in [0.2, 0.25) is 0 Å². The third-order valence-electron chi connectivity index (χ3n) is 3.81. The Labute approximate surface area is 121 Å². The number of alkyl halides is 2. The van der Waals surface area contributed by atoms with E-state index < -0.39 is 35.6 Å². The molecule has 0 saturated heterocycles. The summed E-state index contributed by atoms with van der Waals surface area (Å²) in [6.45, 7) is 4.02. The molecule has 0 aromatic heterocycles. The van der Waals surface area contributed by atoms with Crippen LogP contribution in [0.3, 0.4) is 0 Å². The fraction of sp³-hybridized carbons (Fsp3) is 0.467. The average molecular weight is 300 g/mol. The number of carbonyl (C=O) groups is 2. The fourth-order valence-electron chi connectivity index (χ4n) is 2.41. The molecule has 1 rings (SSSR count). The summed E-state index contributed by atoms with van der Waals surface area (Å²) >= 11 is 0. The Bertz CT molecular complexity index is 548. The molecule has 116 valence electrons. The molecular formula is C15H18F2O4. The van der Waals surface area contributed by atoms with Crippen molar-refractivity contribution in [2.75, 3.05) is 0 Å². The number of hydrogen-bond donors (Lipinski definition) is 2. The van der Waals surface area contributed by atoms with Gasteiger partial charge in [0.15, 0.2) is 5.78 Å². The van der Waals surface area contributed by atoms with Crippen molar-refractivity contribution < 1.29 is 28.6 Å². The SMILES string of the molecule is CC(C=C[C@]1(O)C(C)=CC(=O)C[C@]1(C)C(F)F)=CC(=O)O. The molecule has 1 aliphatic rings. The first-order valence-electron chi connectivity index (χ1n) is 6.35. The van der Waals surface area contributed by atoms with Gasteiger partial charge in [-0.15, -0.1) is 0 Å². The van der Waals surface area contributed by atoms with E-state index in [0.717, 1.165) is 25.2 Å². The van der Waals surface area contributed by atoms with Crippen LogP contribution >= 0.6 is 0 Å². The van der Waals surface area contributed by atoms with Gasteiger partial charge >= 0.3 is 5.97 Å². The number of carboxylic acids is 1. The molecule has 0 amide bonds. The lowest BCUT2D eigenvalue weighted by molar-refractivity contribution is -0.139. The third-order valence-corrected chi connectivity index (χ3v) is 3.81. The molecule has 4 nitrogen and oxygen atoms in total. The summed E-state index contributed by atoms with van der Waals surface area (Å²) < 4.78 is 26.8. The van der Waals surface area contributed by atoms with Crippen LogP contribution in [0, 0.1) is 5.41 Å². The molecule has 0 aromatic carbocycles. The van der Waals surface area contributed by atoms with Crippen LogP contribution < -0.4 is 0 Å². The molecule has 0 radical (unpaired) electrons. The van der Waals surface area contributed by atoms with Crippen molar-refractivity contribution in [3.05, 3.63) is 35.5 Å². The van der Waals surface area contributed by atoms with Crippen molar-refractivity contribution in [1.29, 1.82) is 0 Å². The molecule has 0 unspecified atom stereocenters. The van der Waals surface area contributed by atoms with E-state index in [1.165, 1.54) is 19.9 Å². The maximum atomic E-state index is 13.4. The van der Waals surface area contributed by atoms with Gasteiger partial charge < -0.3 is 10.2 Å². The number of rotatable bonds is 4. The molecule has 0 spiro atoms. The number of allylic oxidation sites excluding steroid dienone is 3. The lowest BCUT2D eigenvalue weighted by Gasteiger charge is -2.45. The number of aliphatic carboxylic acids is 1. The topological polar surface area (TPSA) is 74.6 Å². The van der Waals surface area contributed by atoms with Crippen LogP contribution in [-0.4, -0.2) is 34.0 Å². The highest BCUT2D eigenvalue weighted by molar-refractivity contribution is 5.93. The molecule has 0 saturated carbocycles. The number of carboxylic acid groups (broad SMARTS) is 1. The zero-order chi connectivity index (χ0) is 16.4. The zero-order valence-corrected chi connectivity index (χ0v) is 12.1. The lowest BCUT2D eigenvalue weighted by atomic mass is 9.63. The Kier molecular flexibility index (Phi) is 4.83. The Morgan fingerprint density at radius 3 is 2.52 bits per heavy atom. The van der Waals surface area contributed by atoms with Gasteiger partial charge in [-0.1, -0.05) is 13.0 Å². The minimum atomic E-state index is -2.91. The second-order valence-electron chi connectivity index (χ2n) is 5.51. The first-order chi connectivity index (χ1) is 9.53. The van der Waals surface area contributed by atoms with Crippen LogP contribution in [0.1, 0.15) is 27.2 Å². The third kappa shape index (κ3) is 3.26. The van der Waals surface area contributed by atoms with E-state index >= 15 is 0 Å². The first-order valence-corrected chi connectivity index (χ1v) is 6.35. The maximum absolute atomic E-state index is 13.4. The first kappa shape index (κ1) is 17.2. The quantitative estimate of drug-likeness (QED) is 0.618. The van der Waals surface area contributed by atoms with Crippen LogP contribution in [0.25, 0.3) is 0 Å². The number of carbonyl (C=O) groups excluding carboxylic acids is 1. The number of hydrogen-bond acceptors (Lipinski definition) is 3. The molecule has 2 N–H and O–H groups in total. The van der Waals surface area contributed by atoms with Crippen LogP contribution in [-0.2, 0) is 9.59 Å². The van der Waals surface area contributed by atoms with Crippen molar-refractivity contribution in [3.8, 4) is 0 Å². The van der Waals surface area contributed by atoms with E-state index in [-0.39, 0.29) is 11.1 Å². The van der Waals surface area contributed by atoms with Gasteiger partial charge in [-0.25, -0.2) is 13.6 Å². The van der Waals surface area contributed by atoms with E-state index in [2.05, 4.69) is 0 Å². The summed E-state index contributed by atoms with van der Waals surface area (Å²) in [5, 5.41) is 19.3. The maximum Gasteiger partial charge on any atom is 0.328 e. The lowest BCUT2D eigenvalue weighted by Crippen LogP contribution is -2.53. The van der Waals surface area contributed by atoms with Crippen LogP contribution in [0.5, 0.6) is 0 Å². The Morgan fingerprint density at radius 2 is 2.05 bits per heavy atom. The second-order valence-corrected chi connectivity index (χ2v) is 5.51. The predicted octanol–water partition coefficient (Wildman–Crippen LogP) is 2.50. The average Bonchev–Trinajstić information content (AvgIpc) is 2.32. The molecule has 0 aromatic rings. The van der Waals surface area contributed by atoms with E-state index in [1.54, 1.807) is 0 Å². The van der Waals surface area contributed by atoms with Gasteiger partial charge in [0, 0.05) is 12.5 Å². The summed E-state index contributed by atoms with van der Waals surface area (Å²) in [5.41, 5.74) is -3.57. The van der Waals surface area contributed by atoms with Gasteiger partial charge in [-0.05, 0) is 37.1 Å². The molecule has 0 heterocycles. The second kappa shape index (κ2) is 5.89. The van der Waals surface area contributed by atoms with Gasteiger partial charge in [0.05, 0.1) is 5.41 Å². The van der Waals surface area contributed by atoms with E-state index in [0.29, 0.717) is 0 Å². The standard InChI is InChI=1S/C15H18F2O4/c1-9(6-12(19)20)4-5-15(21)10(2)7-11(18)8-14(15,3)13(16)17/h4-7,13,21H,8H2,1-3H3,(H,19,20)/t14-,15+/m1/s1. The van der Waals surface area contributed by atoms with Gasteiger partial charge in [0.1, 0.15) is 5.60 Å². The molecule has 2 atom stereocenters. The highest BCUT2D eigenvalue weighted by Crippen LogP contribution is 2.48. The zero-order valence-electron chi connectivity index (χ0n) is 12.1. The Hall–Kier alpha value is -1.82. The Balaban J connectivity index is 3.31. The van der Waals surface area contributed by atoms with Gasteiger partial charge in [-0.3, -0.25) is 4.79 Å². The Morgan fingerprint density at radius 1 is 1.48 bits per heavy atom. The molecule has 6 heteroatoms. The normalized spacial score (nSPS) is 30.9. The summed E-state index contributed by atoms with van der Waals surface area (Å²) in [7, 11) is 0. The van der Waals surface area contributed by atoms with E-state index in [9.17, 15) is 23.5 Å². The van der Waals surface area contributed by atoms with E-state index in [1.807, 2.05) is 0 Å². The van der Waals surface area contributed by atoms with Crippen LogP contribution in [0.15, 0.2) is 35.5 Å². The molecule has 0 bridgehead atoms. The molecular weight excluding hydrogens is 282 g/mol. The highest BCUT2D eigenvalue weighted by Gasteiger charge is 2.55. The summed E-state index contributed by atoms with van der Waals surface area (Å²) in [6.07, 6.45) is 1.04. The van der Waals surface area contributed by atoms with Crippen LogP contribution in [0.4, 0.5) is 8.78 Å². The highest BCUT2D eigenvalue weighted by atomic mass is 19.3. The molecule has 0 fully saturated rings. The summed E-state index contributed by atoms with van der Waals surface area (Å²) in [6, 6.07) is 0. The predicted molar refractivity (Wildman–Crippen MR) is 73.0 cm³/mol. The summed E-state index contributed by atoms with van der Waals surface area (Å²) in [5.74, 6) is -1.64. The smallest absolute Gasteiger partial charge is 0.328 e. The number of aliphatic hydroxyl groups is 1. The van der Waals surface area contributed by atoms with Crippen molar-refractivity contribution in [2.24, 2.45) is 5.41 Å². The summed E-state index contributed by atoms with van der Waals surface area (Å²) in [4.78, 5) is 22.1. The molecule has 21 heavy (non-hydrogen) atoms. The molecule has 1 aliphatic carbocycles. The monoisotopic (exact) mass is 300 g/mol. The van der Waals surface area contributed by atoms with E-state index in [4.69, 9.17) is 5.11 Å². The fourth-order valence-corrected chi connectivity index (χ4v) is 2.41. The van der Waals surface area contributed by atoms with Gasteiger partial charge in [-0.2, -0.15) is 0 Å². The largest absolute Gasteiger partial charge is 0.478 e. The van der Waals surface area contributed by atoms with Crippen molar-refractivity contribution in [3.63, 3.8) is 0 Å². The number of ketones is 1. The van der Waals surface area contributed by atoms with Gasteiger partial charge in [0.2, 0.25) is 6.43 Å². The molecule has 0 aliphatic heterocycles. The van der Waals surface area contributed by atoms with Crippen molar-refractivity contribution in [1.82, 2.24) is 0 Å². The van der Waals surface area contributed by atoms with Gasteiger partial charge in [0.25, 0.3) is 0 Å².